The van der Waals surface area contributed by atoms with Crippen molar-refractivity contribution in [3.05, 3.63) is 0 Å². The summed E-state index contributed by atoms with van der Waals surface area (Å²) >= 11 is 0. The first-order valence-electron chi connectivity index (χ1n) is 4.74. The number of nitrogens with two attached hydrogens (primary N) is 2. The summed E-state index contributed by atoms with van der Waals surface area (Å²) < 4.78 is 0. The van der Waals surface area contributed by atoms with Gasteiger partial charge in [0.2, 0.25) is 5.91 Å². The lowest BCUT2D eigenvalue weighted by Crippen LogP contribution is -2.37. The van der Waals surface area contributed by atoms with Crippen LogP contribution in [0.15, 0.2) is 4.99 Å². The molecule has 5 N–H and O–H groups in total. The molecule has 0 spiro atoms. The normalized spacial score (nSPS) is 12.6. The third kappa shape index (κ3) is 4.69. The topological polar surface area (TPSA) is 93.5 Å². The van der Waals surface area contributed by atoms with E-state index in [-0.39, 0.29) is 5.91 Å². The largest absolute Gasteiger partial charge is 0.370 e. The smallest absolute Gasteiger partial charge is 0.224 e. The Morgan fingerprint density at radius 1 is 1.43 bits per heavy atom. The van der Waals surface area contributed by atoms with Gasteiger partial charge in [0.25, 0.3) is 0 Å². The standard InChI is InChI=1S/C9H20N4O/c1-4-5-12-8(11)13-6-9(2,3)7(10)14/h4-6H2,1-3H3,(H2,10,14)(H3,11,12,13). The zero-order valence-corrected chi connectivity index (χ0v) is 9.13. The Kier molecular flexibility index (Phi) is 4.97. The summed E-state index contributed by atoms with van der Waals surface area (Å²) in [5, 5.41) is 2.92. The number of carbonyl (C=O) groups is 1. The first-order chi connectivity index (χ1) is 6.40. The Hall–Kier alpha value is -1.26. The number of carbonyl (C=O) groups excluding carboxylic acids is 1. The van der Waals surface area contributed by atoms with Gasteiger partial charge in [0.1, 0.15) is 0 Å². The van der Waals surface area contributed by atoms with Gasteiger partial charge in [-0.1, -0.05) is 6.92 Å². The lowest BCUT2D eigenvalue weighted by atomic mass is 9.93. The van der Waals surface area contributed by atoms with Gasteiger partial charge in [0, 0.05) is 6.54 Å². The molecule has 5 heteroatoms. The highest BCUT2D eigenvalue weighted by Gasteiger charge is 2.24. The van der Waals surface area contributed by atoms with Crippen LogP contribution >= 0.6 is 0 Å². The fourth-order valence-electron chi connectivity index (χ4n) is 0.670. The molecule has 0 radical (unpaired) electrons. The van der Waals surface area contributed by atoms with Gasteiger partial charge < -0.3 is 16.8 Å². The number of hydrogen-bond acceptors (Lipinski definition) is 2. The predicted molar refractivity (Wildman–Crippen MR) is 57.8 cm³/mol. The van der Waals surface area contributed by atoms with Gasteiger partial charge in [-0.25, -0.2) is 0 Å². The molecule has 1 amide bonds. The van der Waals surface area contributed by atoms with Crippen LogP contribution in [0.25, 0.3) is 0 Å². The van der Waals surface area contributed by atoms with Crippen LogP contribution in [-0.4, -0.2) is 25.0 Å². The maximum absolute atomic E-state index is 10.9. The molecule has 0 fully saturated rings. The molecule has 0 aliphatic carbocycles. The van der Waals surface area contributed by atoms with E-state index in [0.717, 1.165) is 13.0 Å². The van der Waals surface area contributed by atoms with Crippen molar-refractivity contribution in [1.82, 2.24) is 5.32 Å². The zero-order valence-electron chi connectivity index (χ0n) is 9.13. The van der Waals surface area contributed by atoms with E-state index in [0.29, 0.717) is 12.5 Å². The molecule has 0 bridgehead atoms. The summed E-state index contributed by atoms with van der Waals surface area (Å²) in [6.07, 6.45) is 0.982. The van der Waals surface area contributed by atoms with Crippen molar-refractivity contribution < 1.29 is 4.79 Å². The maximum atomic E-state index is 10.9. The highest BCUT2D eigenvalue weighted by atomic mass is 16.1. The summed E-state index contributed by atoms with van der Waals surface area (Å²) in [6, 6.07) is 0. The number of aliphatic imine (C=N–C) groups is 1. The molecule has 14 heavy (non-hydrogen) atoms. The summed E-state index contributed by atoms with van der Waals surface area (Å²) in [6.45, 7) is 6.61. The molecule has 5 nitrogen and oxygen atoms in total. The van der Waals surface area contributed by atoms with E-state index in [2.05, 4.69) is 10.3 Å². The fourth-order valence-corrected chi connectivity index (χ4v) is 0.670. The van der Waals surface area contributed by atoms with Gasteiger partial charge >= 0.3 is 0 Å². The summed E-state index contributed by atoms with van der Waals surface area (Å²) in [5.74, 6) is -0.00860. The average molecular weight is 200 g/mol. The quantitative estimate of drug-likeness (QED) is 0.424. The van der Waals surface area contributed by atoms with Crippen molar-refractivity contribution in [2.24, 2.45) is 21.9 Å². The summed E-state index contributed by atoms with van der Waals surface area (Å²) in [5.41, 5.74) is 10.1. The molecule has 0 heterocycles. The van der Waals surface area contributed by atoms with E-state index in [9.17, 15) is 4.79 Å². The van der Waals surface area contributed by atoms with E-state index in [1.165, 1.54) is 0 Å². The van der Waals surface area contributed by atoms with Gasteiger partial charge in [-0.2, -0.15) is 0 Å². The second-order valence-corrected chi connectivity index (χ2v) is 3.88. The predicted octanol–water partition coefficient (Wildman–Crippen LogP) is -0.188. The molecule has 82 valence electrons. The molecule has 0 rings (SSSR count). The van der Waals surface area contributed by atoms with Gasteiger partial charge in [0.15, 0.2) is 5.96 Å². The second kappa shape index (κ2) is 5.47. The van der Waals surface area contributed by atoms with Crippen molar-refractivity contribution in [2.75, 3.05) is 13.1 Å². The summed E-state index contributed by atoms with van der Waals surface area (Å²) in [7, 11) is 0. The first kappa shape index (κ1) is 12.7. The zero-order chi connectivity index (χ0) is 11.2. The van der Waals surface area contributed by atoms with Gasteiger partial charge in [-0.15, -0.1) is 0 Å². The van der Waals surface area contributed by atoms with E-state index in [1.807, 2.05) is 6.92 Å². The molecule has 0 atom stereocenters. The van der Waals surface area contributed by atoms with Crippen LogP contribution < -0.4 is 16.8 Å². The minimum atomic E-state index is -0.640. The van der Waals surface area contributed by atoms with E-state index >= 15 is 0 Å². The van der Waals surface area contributed by atoms with Crippen molar-refractivity contribution in [1.29, 1.82) is 0 Å². The Morgan fingerprint density at radius 2 is 2.00 bits per heavy atom. The fraction of sp³-hybridized carbons (Fsp3) is 0.778. The number of guanidine groups is 1. The second-order valence-electron chi connectivity index (χ2n) is 3.88. The van der Waals surface area contributed by atoms with Crippen LogP contribution in [0.4, 0.5) is 0 Å². The van der Waals surface area contributed by atoms with Crippen LogP contribution in [0.2, 0.25) is 0 Å². The van der Waals surface area contributed by atoms with Crippen molar-refractivity contribution in [2.45, 2.75) is 27.2 Å². The number of hydrogen-bond donors (Lipinski definition) is 3. The lowest BCUT2D eigenvalue weighted by molar-refractivity contribution is -0.125. The van der Waals surface area contributed by atoms with Gasteiger partial charge in [-0.3, -0.25) is 9.79 Å². The lowest BCUT2D eigenvalue weighted by Gasteiger charge is -2.17. The molecular formula is C9H20N4O. The third-order valence-corrected chi connectivity index (χ3v) is 1.87. The van der Waals surface area contributed by atoms with Crippen LogP contribution in [0.1, 0.15) is 27.2 Å². The number of rotatable bonds is 5. The molecule has 0 aromatic rings. The van der Waals surface area contributed by atoms with Crippen molar-refractivity contribution in [3.8, 4) is 0 Å². The van der Waals surface area contributed by atoms with Crippen LogP contribution in [-0.2, 0) is 4.79 Å². The Morgan fingerprint density at radius 3 is 2.43 bits per heavy atom. The molecule has 0 saturated heterocycles. The van der Waals surface area contributed by atoms with Crippen molar-refractivity contribution in [3.63, 3.8) is 0 Å². The van der Waals surface area contributed by atoms with Crippen LogP contribution in [0, 0.1) is 5.41 Å². The summed E-state index contributed by atoms with van der Waals surface area (Å²) in [4.78, 5) is 15.0. The van der Waals surface area contributed by atoms with Crippen LogP contribution in [0.3, 0.4) is 0 Å². The van der Waals surface area contributed by atoms with Crippen LogP contribution in [0.5, 0.6) is 0 Å². The minimum Gasteiger partial charge on any atom is -0.370 e. The number of nitrogens with zero attached hydrogens (tertiary/aromatic N) is 1. The Balaban J connectivity index is 4.07. The first-order valence-corrected chi connectivity index (χ1v) is 4.74. The third-order valence-electron chi connectivity index (χ3n) is 1.87. The number of primary amides is 1. The van der Waals surface area contributed by atoms with E-state index in [1.54, 1.807) is 13.8 Å². The highest BCUT2D eigenvalue weighted by Crippen LogP contribution is 2.13. The monoisotopic (exact) mass is 200 g/mol. The Labute approximate surface area is 84.9 Å². The Bertz CT molecular complexity index is 223. The molecule has 0 saturated carbocycles. The van der Waals surface area contributed by atoms with Gasteiger partial charge in [0.05, 0.1) is 12.0 Å². The number of nitrogens with one attached hydrogen (secondary N) is 1. The number of amides is 1. The molecule has 0 aliphatic rings. The molecule has 0 unspecified atom stereocenters. The van der Waals surface area contributed by atoms with E-state index in [4.69, 9.17) is 11.5 Å². The molecule has 0 aliphatic heterocycles. The van der Waals surface area contributed by atoms with Crippen molar-refractivity contribution >= 4 is 11.9 Å². The highest BCUT2D eigenvalue weighted by molar-refractivity contribution is 5.81. The van der Waals surface area contributed by atoms with E-state index < -0.39 is 5.41 Å². The average Bonchev–Trinajstić information content (AvgIpc) is 2.11. The SMILES string of the molecule is CCCNC(N)=NCC(C)(C)C(N)=O. The molecule has 0 aromatic heterocycles. The molecular weight excluding hydrogens is 180 g/mol. The minimum absolute atomic E-state index is 0.310. The van der Waals surface area contributed by atoms with Gasteiger partial charge in [-0.05, 0) is 20.3 Å². The maximum Gasteiger partial charge on any atom is 0.224 e. The molecule has 0 aromatic carbocycles.